The fourth-order valence-corrected chi connectivity index (χ4v) is 2.43. The Kier molecular flexibility index (Phi) is 3.30. The highest BCUT2D eigenvalue weighted by molar-refractivity contribution is 9.10. The zero-order chi connectivity index (χ0) is 11.7. The van der Waals surface area contributed by atoms with Crippen molar-refractivity contribution >= 4 is 21.9 Å². The molecule has 0 bridgehead atoms. The Morgan fingerprint density at radius 2 is 2.12 bits per heavy atom. The normalized spacial score (nSPS) is 25.1. The van der Waals surface area contributed by atoms with Crippen LogP contribution in [-0.4, -0.2) is 18.1 Å². The Balaban J connectivity index is 2.12. The minimum absolute atomic E-state index is 0.147. The molecule has 0 heterocycles. The molecular formula is C12H14BrNO2. The van der Waals surface area contributed by atoms with Gasteiger partial charge in [-0.25, -0.2) is 0 Å². The van der Waals surface area contributed by atoms with Crippen molar-refractivity contribution < 1.29 is 9.90 Å². The molecule has 0 radical (unpaired) electrons. The number of rotatable bonds is 4. The van der Waals surface area contributed by atoms with Crippen molar-refractivity contribution in [1.82, 2.24) is 5.32 Å². The molecule has 0 aromatic heterocycles. The molecule has 3 atom stereocenters. The fourth-order valence-electron chi connectivity index (χ4n) is 2.17. The van der Waals surface area contributed by atoms with E-state index in [1.165, 1.54) is 0 Å². The average molecular weight is 284 g/mol. The van der Waals surface area contributed by atoms with E-state index in [0.29, 0.717) is 0 Å². The highest BCUT2D eigenvalue weighted by Crippen LogP contribution is 2.47. The van der Waals surface area contributed by atoms with Gasteiger partial charge in [0.15, 0.2) is 0 Å². The van der Waals surface area contributed by atoms with E-state index in [1.807, 2.05) is 31.3 Å². The van der Waals surface area contributed by atoms with Crippen molar-refractivity contribution in [3.63, 3.8) is 0 Å². The molecule has 0 saturated heterocycles. The van der Waals surface area contributed by atoms with E-state index in [4.69, 9.17) is 5.11 Å². The van der Waals surface area contributed by atoms with Gasteiger partial charge in [0.1, 0.15) is 0 Å². The Bertz CT molecular complexity index is 391. The average Bonchev–Trinajstić information content (AvgIpc) is 3.02. The van der Waals surface area contributed by atoms with E-state index in [-0.39, 0.29) is 17.9 Å². The molecule has 86 valence electrons. The standard InChI is InChI=1S/C12H14BrNO2/c1-14-11(9-6-10(9)12(15)16)7-2-4-8(13)5-3-7/h2-5,9-11,14H,6H2,1H3,(H,15,16). The minimum Gasteiger partial charge on any atom is -0.481 e. The second-order valence-electron chi connectivity index (χ2n) is 4.16. The van der Waals surface area contributed by atoms with Gasteiger partial charge in [-0.15, -0.1) is 0 Å². The Labute approximate surface area is 103 Å². The molecule has 1 saturated carbocycles. The van der Waals surface area contributed by atoms with Crippen molar-refractivity contribution in [1.29, 1.82) is 0 Å². The van der Waals surface area contributed by atoms with Crippen molar-refractivity contribution in [2.75, 3.05) is 7.05 Å². The second-order valence-corrected chi connectivity index (χ2v) is 5.08. The molecule has 0 aliphatic heterocycles. The Hall–Kier alpha value is -0.870. The molecule has 4 heteroatoms. The van der Waals surface area contributed by atoms with E-state index in [1.54, 1.807) is 0 Å². The summed E-state index contributed by atoms with van der Waals surface area (Å²) in [4.78, 5) is 10.8. The second kappa shape index (κ2) is 4.55. The number of hydrogen-bond donors (Lipinski definition) is 2. The van der Waals surface area contributed by atoms with Crippen LogP contribution in [0.25, 0.3) is 0 Å². The van der Waals surface area contributed by atoms with Crippen LogP contribution in [0.15, 0.2) is 28.7 Å². The first-order chi connectivity index (χ1) is 7.63. The summed E-state index contributed by atoms with van der Waals surface area (Å²) >= 11 is 3.39. The number of carboxylic acid groups (broad SMARTS) is 1. The molecule has 16 heavy (non-hydrogen) atoms. The number of nitrogens with one attached hydrogen (secondary N) is 1. The van der Waals surface area contributed by atoms with E-state index >= 15 is 0 Å². The summed E-state index contributed by atoms with van der Waals surface area (Å²) in [5.41, 5.74) is 1.15. The van der Waals surface area contributed by atoms with Crippen LogP contribution < -0.4 is 5.32 Å². The number of hydrogen-bond acceptors (Lipinski definition) is 2. The monoisotopic (exact) mass is 283 g/mol. The maximum Gasteiger partial charge on any atom is 0.306 e. The van der Waals surface area contributed by atoms with Crippen LogP contribution in [0.1, 0.15) is 18.0 Å². The van der Waals surface area contributed by atoms with Gasteiger partial charge in [-0.05, 0) is 37.1 Å². The molecule has 0 spiro atoms. The molecular weight excluding hydrogens is 270 g/mol. The predicted octanol–water partition coefficient (Wildman–Crippen LogP) is 2.43. The molecule has 1 aromatic rings. The van der Waals surface area contributed by atoms with E-state index in [0.717, 1.165) is 16.5 Å². The maximum absolute atomic E-state index is 10.8. The van der Waals surface area contributed by atoms with Gasteiger partial charge in [-0.1, -0.05) is 28.1 Å². The first-order valence-corrected chi connectivity index (χ1v) is 6.08. The summed E-state index contributed by atoms with van der Waals surface area (Å²) in [6, 6.07) is 8.18. The van der Waals surface area contributed by atoms with Gasteiger partial charge in [0.05, 0.1) is 5.92 Å². The lowest BCUT2D eigenvalue weighted by Gasteiger charge is -2.16. The van der Waals surface area contributed by atoms with Crippen LogP contribution in [0, 0.1) is 11.8 Å². The minimum atomic E-state index is -0.678. The third-order valence-electron chi connectivity index (χ3n) is 3.13. The van der Waals surface area contributed by atoms with E-state index < -0.39 is 5.97 Å². The van der Waals surface area contributed by atoms with Gasteiger partial charge < -0.3 is 10.4 Å². The summed E-state index contributed by atoms with van der Waals surface area (Å²) in [5.74, 6) is -0.632. The highest BCUT2D eigenvalue weighted by Gasteiger charge is 2.47. The number of aliphatic carboxylic acids is 1. The summed E-state index contributed by atoms with van der Waals surface area (Å²) in [6.07, 6.45) is 0.775. The summed E-state index contributed by atoms with van der Waals surface area (Å²) in [7, 11) is 1.88. The topological polar surface area (TPSA) is 49.3 Å². The Morgan fingerprint density at radius 1 is 1.50 bits per heavy atom. The molecule has 3 unspecified atom stereocenters. The molecule has 0 amide bonds. The van der Waals surface area contributed by atoms with Gasteiger partial charge in [0.2, 0.25) is 0 Å². The van der Waals surface area contributed by atoms with Crippen LogP contribution in [-0.2, 0) is 4.79 Å². The third-order valence-corrected chi connectivity index (χ3v) is 3.65. The summed E-state index contributed by atoms with van der Waals surface area (Å²) < 4.78 is 1.04. The lowest BCUT2D eigenvalue weighted by atomic mass is 10.0. The van der Waals surface area contributed by atoms with Crippen molar-refractivity contribution in [2.24, 2.45) is 11.8 Å². The quantitative estimate of drug-likeness (QED) is 0.892. The lowest BCUT2D eigenvalue weighted by molar-refractivity contribution is -0.138. The molecule has 3 nitrogen and oxygen atoms in total. The van der Waals surface area contributed by atoms with Gasteiger partial charge in [0, 0.05) is 10.5 Å². The van der Waals surface area contributed by atoms with Gasteiger partial charge >= 0.3 is 5.97 Å². The molecule has 2 rings (SSSR count). The van der Waals surface area contributed by atoms with E-state index in [2.05, 4.69) is 21.2 Å². The molecule has 1 aliphatic carbocycles. The Morgan fingerprint density at radius 3 is 2.56 bits per heavy atom. The van der Waals surface area contributed by atoms with Crippen LogP contribution >= 0.6 is 15.9 Å². The third kappa shape index (κ3) is 2.28. The van der Waals surface area contributed by atoms with Crippen LogP contribution in [0.2, 0.25) is 0 Å². The van der Waals surface area contributed by atoms with Gasteiger partial charge in [-0.3, -0.25) is 4.79 Å². The first-order valence-electron chi connectivity index (χ1n) is 5.29. The zero-order valence-corrected chi connectivity index (χ0v) is 10.6. The molecule has 2 N–H and O–H groups in total. The molecule has 1 aliphatic rings. The number of benzene rings is 1. The van der Waals surface area contributed by atoms with E-state index in [9.17, 15) is 4.79 Å². The first kappa shape index (κ1) is 11.6. The number of carbonyl (C=O) groups is 1. The van der Waals surface area contributed by atoms with Crippen molar-refractivity contribution in [2.45, 2.75) is 12.5 Å². The summed E-state index contributed by atoms with van der Waals surface area (Å²) in [5, 5.41) is 12.1. The number of carboxylic acids is 1. The smallest absolute Gasteiger partial charge is 0.306 e. The number of halogens is 1. The van der Waals surface area contributed by atoms with Crippen molar-refractivity contribution in [3.8, 4) is 0 Å². The van der Waals surface area contributed by atoms with Gasteiger partial charge in [0.25, 0.3) is 0 Å². The predicted molar refractivity (Wildman–Crippen MR) is 65.2 cm³/mol. The zero-order valence-electron chi connectivity index (χ0n) is 8.98. The van der Waals surface area contributed by atoms with Crippen LogP contribution in [0.3, 0.4) is 0 Å². The van der Waals surface area contributed by atoms with Crippen molar-refractivity contribution in [3.05, 3.63) is 34.3 Å². The molecule has 1 aromatic carbocycles. The van der Waals surface area contributed by atoms with Crippen LogP contribution in [0.4, 0.5) is 0 Å². The molecule has 1 fully saturated rings. The lowest BCUT2D eigenvalue weighted by Crippen LogP contribution is -2.20. The maximum atomic E-state index is 10.8. The summed E-state index contributed by atoms with van der Waals surface area (Å²) in [6.45, 7) is 0. The largest absolute Gasteiger partial charge is 0.481 e. The fraction of sp³-hybridized carbons (Fsp3) is 0.417. The van der Waals surface area contributed by atoms with Crippen LogP contribution in [0.5, 0.6) is 0 Å². The SMILES string of the molecule is CNC(c1ccc(Br)cc1)C1CC1C(=O)O. The van der Waals surface area contributed by atoms with Gasteiger partial charge in [-0.2, -0.15) is 0 Å². The highest BCUT2D eigenvalue weighted by atomic mass is 79.9.